The van der Waals surface area contributed by atoms with Gasteiger partial charge in [0.25, 0.3) is 0 Å². The molecule has 2 amide bonds. The monoisotopic (exact) mass is 859 g/mol. The molecule has 4 N–H and O–H groups in total. The second-order valence-corrected chi connectivity index (χ2v) is 18.7. The summed E-state index contributed by atoms with van der Waals surface area (Å²) < 4.78 is 65.2. The Kier molecular flexibility index (Phi) is 14.3. The number of sulfonamides is 1. The minimum atomic E-state index is -3.64. The fourth-order valence-electron chi connectivity index (χ4n) is 6.70. The predicted octanol–water partition coefficient (Wildman–Crippen LogP) is 7.78. The van der Waals surface area contributed by atoms with Gasteiger partial charge >= 0.3 is 6.03 Å². The minimum absolute atomic E-state index is 0.171. The molecule has 5 aromatic rings. The van der Waals surface area contributed by atoms with E-state index in [2.05, 4.69) is 30.6 Å². The minimum Gasteiger partial charge on any atom is -0.593 e. The van der Waals surface area contributed by atoms with Crippen LogP contribution in [0.5, 0.6) is 23.0 Å². The van der Waals surface area contributed by atoms with Crippen LogP contribution in [0.1, 0.15) is 32.8 Å². The van der Waals surface area contributed by atoms with Gasteiger partial charge in [0.2, 0.25) is 14.9 Å². The van der Waals surface area contributed by atoms with E-state index in [1.807, 2.05) is 62.5 Å². The number of ether oxygens (including phenoxy) is 4. The Morgan fingerprint density at radius 1 is 0.917 bits per heavy atom. The maximum atomic E-state index is 13.5. The van der Waals surface area contributed by atoms with E-state index < -0.39 is 27.4 Å². The largest absolute Gasteiger partial charge is 0.593 e. The van der Waals surface area contributed by atoms with Gasteiger partial charge in [-0.1, -0.05) is 45.0 Å². The molecule has 0 bridgehead atoms. The van der Waals surface area contributed by atoms with Gasteiger partial charge in [-0.05, 0) is 60.3 Å². The summed E-state index contributed by atoms with van der Waals surface area (Å²) in [5.74, 6) is 2.25. The highest BCUT2D eigenvalue weighted by Crippen LogP contribution is 2.40. The number of fused-ring (bicyclic) bond motifs is 1. The first-order chi connectivity index (χ1) is 28.6. The molecule has 17 heteroatoms. The molecule has 0 radical (unpaired) electrons. The number of anilines is 5. The maximum absolute atomic E-state index is 13.5. The molecule has 0 spiro atoms. The third-order valence-corrected chi connectivity index (χ3v) is 11.8. The molecule has 1 fully saturated rings. The topological polar surface area (TPSA) is 179 Å². The molecule has 320 valence electrons. The highest BCUT2D eigenvalue weighted by molar-refractivity contribution is 7.92. The third kappa shape index (κ3) is 11.5. The number of nitrogens with zero attached hydrogens (tertiary/aromatic N) is 3. The molecule has 6 rings (SSSR count). The Morgan fingerprint density at radius 3 is 2.33 bits per heavy atom. The zero-order valence-corrected chi connectivity index (χ0v) is 36.6. The van der Waals surface area contributed by atoms with E-state index in [4.69, 9.17) is 18.9 Å². The van der Waals surface area contributed by atoms with Crippen LogP contribution in [0.3, 0.4) is 0 Å². The quantitative estimate of drug-likeness (QED) is 0.0710. The lowest BCUT2D eigenvalue weighted by atomic mass is 9.86. The summed E-state index contributed by atoms with van der Waals surface area (Å²) >= 11 is -1.41. The van der Waals surface area contributed by atoms with Crippen LogP contribution in [0.25, 0.3) is 10.8 Å². The van der Waals surface area contributed by atoms with E-state index in [-0.39, 0.29) is 16.9 Å². The summed E-state index contributed by atoms with van der Waals surface area (Å²) in [7, 11) is 1.18. The summed E-state index contributed by atoms with van der Waals surface area (Å²) in [5, 5.41) is 10.5. The van der Waals surface area contributed by atoms with Crippen LogP contribution in [-0.2, 0) is 31.5 Å². The van der Waals surface area contributed by atoms with Gasteiger partial charge < -0.3 is 39.5 Å². The highest BCUT2D eigenvalue weighted by Gasteiger charge is 2.25. The number of morpholine rings is 1. The maximum Gasteiger partial charge on any atom is 0.323 e. The number of carbonyl (C=O) groups excluding carboxylic acids is 1. The van der Waals surface area contributed by atoms with Gasteiger partial charge in [-0.2, -0.15) is 0 Å². The van der Waals surface area contributed by atoms with Crippen LogP contribution in [0, 0.1) is 0 Å². The van der Waals surface area contributed by atoms with Gasteiger partial charge in [0, 0.05) is 67.5 Å². The first kappa shape index (κ1) is 44.3. The summed E-state index contributed by atoms with van der Waals surface area (Å²) in [6.07, 6.45) is 3.58. The van der Waals surface area contributed by atoms with Crippen LogP contribution >= 0.6 is 0 Å². The van der Waals surface area contributed by atoms with Crippen molar-refractivity contribution in [3.8, 4) is 23.0 Å². The highest BCUT2D eigenvalue weighted by atomic mass is 32.2. The first-order valence-electron chi connectivity index (χ1n) is 19.4. The van der Waals surface area contributed by atoms with Gasteiger partial charge in [0.05, 0.1) is 62.1 Å². The number of urea groups is 1. The van der Waals surface area contributed by atoms with Crippen molar-refractivity contribution in [1.29, 1.82) is 0 Å². The normalized spacial score (nSPS) is 14.1. The van der Waals surface area contributed by atoms with Crippen molar-refractivity contribution in [2.45, 2.75) is 37.5 Å². The van der Waals surface area contributed by atoms with Gasteiger partial charge in [-0.3, -0.25) is 9.62 Å². The van der Waals surface area contributed by atoms with Crippen LogP contribution in [0.4, 0.5) is 33.4 Å². The van der Waals surface area contributed by atoms with E-state index in [9.17, 15) is 17.8 Å². The number of hydrogen-bond acceptors (Lipinski definition) is 12. The smallest absolute Gasteiger partial charge is 0.323 e. The molecule has 1 atom stereocenters. The lowest BCUT2D eigenvalue weighted by Gasteiger charge is -2.27. The standard InChI is InChI=1S/C43H53N7O8S2/c1-43(2,3)29-25-35(41(56-6)36(26-29)48-60(7,53)54)47-42(51)46-34-14-15-37(33-12-9-8-11-32(33)34)58-31-17-18-44-40(28-31)45-30-13-16-39(38(27-30)55-5)59(52)49(4)19-10-20-50-21-23-57-24-22-50/h8-9,11-18,25-28,48H,10,19-24H2,1-7H3,(H,44,45)(H2,46,47,51). The van der Waals surface area contributed by atoms with Crippen molar-refractivity contribution in [2.75, 3.05) is 87.6 Å². The van der Waals surface area contributed by atoms with E-state index >= 15 is 0 Å². The molecular formula is C43H53N7O8S2. The molecule has 0 saturated carbocycles. The number of amides is 2. The van der Waals surface area contributed by atoms with Crippen molar-refractivity contribution in [3.05, 3.63) is 90.6 Å². The van der Waals surface area contributed by atoms with Crippen LogP contribution in [0.2, 0.25) is 0 Å². The van der Waals surface area contributed by atoms with Gasteiger partial charge in [0.15, 0.2) is 11.5 Å². The number of methoxy groups -OCH3 is 2. The number of carbonyl (C=O) groups is 1. The van der Waals surface area contributed by atoms with E-state index in [0.29, 0.717) is 51.6 Å². The van der Waals surface area contributed by atoms with E-state index in [1.54, 1.807) is 61.8 Å². The number of hydrogen-bond donors (Lipinski definition) is 4. The molecular weight excluding hydrogens is 807 g/mol. The fourth-order valence-corrected chi connectivity index (χ4v) is 8.38. The molecule has 1 saturated heterocycles. The molecule has 4 aromatic carbocycles. The number of rotatable bonds is 16. The first-order valence-corrected chi connectivity index (χ1v) is 22.4. The molecule has 60 heavy (non-hydrogen) atoms. The van der Waals surface area contributed by atoms with Crippen molar-refractivity contribution in [3.63, 3.8) is 0 Å². The number of aromatic nitrogens is 1. The second-order valence-electron chi connectivity index (χ2n) is 15.3. The molecule has 1 unspecified atom stereocenters. The Labute approximate surface area is 355 Å². The average molecular weight is 860 g/mol. The van der Waals surface area contributed by atoms with Gasteiger partial charge in [-0.15, -0.1) is 4.31 Å². The van der Waals surface area contributed by atoms with Crippen LogP contribution < -0.4 is 34.9 Å². The summed E-state index contributed by atoms with van der Waals surface area (Å²) in [6, 6.07) is 22.9. The van der Waals surface area contributed by atoms with Crippen LogP contribution in [-0.4, -0.2) is 100 Å². The molecule has 0 aliphatic carbocycles. The fraction of sp³-hybridized carbons (Fsp3) is 0.349. The average Bonchev–Trinajstić information content (AvgIpc) is 3.21. The Morgan fingerprint density at radius 2 is 1.63 bits per heavy atom. The van der Waals surface area contributed by atoms with Crippen molar-refractivity contribution in [1.82, 2.24) is 14.2 Å². The Balaban J connectivity index is 1.14. The summed E-state index contributed by atoms with van der Waals surface area (Å²) in [6.45, 7) is 10.9. The second kappa shape index (κ2) is 19.4. The van der Waals surface area contributed by atoms with E-state index in [0.717, 1.165) is 61.9 Å². The van der Waals surface area contributed by atoms with Crippen molar-refractivity contribution in [2.24, 2.45) is 0 Å². The summed E-state index contributed by atoms with van der Waals surface area (Å²) in [5.41, 5.74) is 2.13. The molecule has 1 aromatic heterocycles. The summed E-state index contributed by atoms with van der Waals surface area (Å²) in [4.78, 5) is 21.0. The van der Waals surface area contributed by atoms with Gasteiger partial charge in [-0.25, -0.2) is 18.2 Å². The zero-order chi connectivity index (χ0) is 43.0. The number of benzene rings is 4. The Hall–Kier alpha value is -5.30. The number of pyridine rings is 1. The zero-order valence-electron chi connectivity index (χ0n) is 35.0. The van der Waals surface area contributed by atoms with E-state index in [1.165, 1.54) is 7.11 Å². The lowest BCUT2D eigenvalue weighted by molar-refractivity contribution is 0.0370. The predicted molar refractivity (Wildman–Crippen MR) is 238 cm³/mol. The van der Waals surface area contributed by atoms with Gasteiger partial charge in [0.1, 0.15) is 17.3 Å². The molecule has 15 nitrogen and oxygen atoms in total. The number of nitrogens with one attached hydrogen (secondary N) is 4. The van der Waals surface area contributed by atoms with Crippen molar-refractivity contribution < 1.29 is 36.7 Å². The molecule has 1 aliphatic heterocycles. The third-order valence-electron chi connectivity index (χ3n) is 9.75. The molecule has 2 heterocycles. The molecule has 1 aliphatic rings. The Bertz CT molecular complexity index is 2410. The SMILES string of the molecule is COc1cc(Nc2cc(Oc3ccc(NC(=O)Nc4cc(C(C)(C)C)cc(NS(C)(=O)=O)c4OC)c4ccccc34)ccn2)ccc1[S+]([O-])N(C)CCCN1CCOCC1. The van der Waals surface area contributed by atoms with Crippen molar-refractivity contribution >= 4 is 66.8 Å². The lowest BCUT2D eigenvalue weighted by Crippen LogP contribution is -2.38. The van der Waals surface area contributed by atoms with Crippen LogP contribution in [0.15, 0.2) is 90.0 Å².